The van der Waals surface area contributed by atoms with Crippen molar-refractivity contribution in [3.63, 3.8) is 0 Å². The minimum atomic E-state index is 0. The number of thioether (sulfide) groups is 1. The van der Waals surface area contributed by atoms with E-state index in [9.17, 15) is 0 Å². The van der Waals surface area contributed by atoms with Crippen LogP contribution in [0.1, 0.15) is 33.6 Å². The molecule has 24 heavy (non-hydrogen) atoms. The molecule has 144 valence electrons. The summed E-state index contributed by atoms with van der Waals surface area (Å²) >= 11 is 1.86. The minimum Gasteiger partial charge on any atom is -0.357 e. The molecule has 1 saturated heterocycles. The molecule has 0 unspecified atom stereocenters. The van der Waals surface area contributed by atoms with Crippen molar-refractivity contribution in [1.29, 1.82) is 0 Å². The Morgan fingerprint density at radius 2 is 1.79 bits per heavy atom. The molecule has 0 atom stereocenters. The van der Waals surface area contributed by atoms with Crippen LogP contribution in [0.3, 0.4) is 0 Å². The van der Waals surface area contributed by atoms with E-state index in [0.29, 0.717) is 0 Å². The molecule has 0 spiro atoms. The second kappa shape index (κ2) is 13.5. The number of nitrogens with zero attached hydrogens (tertiary/aromatic N) is 3. The molecule has 2 N–H and O–H groups in total. The highest BCUT2D eigenvalue weighted by atomic mass is 127. The summed E-state index contributed by atoms with van der Waals surface area (Å²) in [6.07, 6.45) is 4.60. The van der Waals surface area contributed by atoms with Gasteiger partial charge in [-0.2, -0.15) is 11.8 Å². The molecule has 1 fully saturated rings. The smallest absolute Gasteiger partial charge is 0.191 e. The van der Waals surface area contributed by atoms with Crippen LogP contribution in [0.25, 0.3) is 0 Å². The quantitative estimate of drug-likeness (QED) is 0.234. The molecule has 1 heterocycles. The van der Waals surface area contributed by atoms with Crippen LogP contribution in [0.2, 0.25) is 0 Å². The molecule has 0 aromatic carbocycles. The van der Waals surface area contributed by atoms with Gasteiger partial charge in [-0.15, -0.1) is 24.0 Å². The molecule has 7 heteroatoms. The average molecular weight is 471 g/mol. The summed E-state index contributed by atoms with van der Waals surface area (Å²) in [5, 5.41) is 6.80. The molecule has 1 aliphatic heterocycles. The van der Waals surface area contributed by atoms with Crippen molar-refractivity contribution in [2.45, 2.75) is 38.4 Å². The lowest BCUT2D eigenvalue weighted by atomic mass is 10.2. The van der Waals surface area contributed by atoms with Gasteiger partial charge in [-0.3, -0.25) is 4.99 Å². The van der Waals surface area contributed by atoms with Gasteiger partial charge in [0.1, 0.15) is 0 Å². The Kier molecular flexibility index (Phi) is 13.6. The Bertz CT molecular complexity index is 344. The summed E-state index contributed by atoms with van der Waals surface area (Å²) in [5.41, 5.74) is 0. The maximum absolute atomic E-state index is 4.71. The third kappa shape index (κ3) is 11.0. The second-order valence-corrected chi connectivity index (χ2v) is 8.45. The van der Waals surface area contributed by atoms with Crippen molar-refractivity contribution in [3.8, 4) is 0 Å². The number of hydrogen-bond donors (Lipinski definition) is 2. The van der Waals surface area contributed by atoms with E-state index in [1.54, 1.807) is 0 Å². The summed E-state index contributed by atoms with van der Waals surface area (Å²) in [6.45, 7) is 15.4. The van der Waals surface area contributed by atoms with Crippen LogP contribution < -0.4 is 10.6 Å². The van der Waals surface area contributed by atoms with Gasteiger partial charge >= 0.3 is 0 Å². The topological polar surface area (TPSA) is 42.9 Å². The van der Waals surface area contributed by atoms with E-state index in [4.69, 9.17) is 4.99 Å². The molecule has 0 aliphatic carbocycles. The first-order valence-corrected chi connectivity index (χ1v) is 10.2. The summed E-state index contributed by atoms with van der Waals surface area (Å²) in [5.74, 6) is 0.953. The van der Waals surface area contributed by atoms with E-state index in [2.05, 4.69) is 54.5 Å². The molecule has 0 aromatic heterocycles. The zero-order chi connectivity index (χ0) is 17.1. The fraction of sp³-hybridized carbons (Fsp3) is 0.941. The Morgan fingerprint density at radius 3 is 2.38 bits per heavy atom. The van der Waals surface area contributed by atoms with E-state index in [1.165, 1.54) is 45.6 Å². The predicted molar refractivity (Wildman–Crippen MR) is 120 cm³/mol. The highest BCUT2D eigenvalue weighted by Gasteiger charge is 2.15. The Balaban J connectivity index is 0.00000529. The van der Waals surface area contributed by atoms with Crippen LogP contribution in [0.15, 0.2) is 4.99 Å². The van der Waals surface area contributed by atoms with Crippen LogP contribution in [-0.2, 0) is 0 Å². The van der Waals surface area contributed by atoms with Gasteiger partial charge < -0.3 is 20.4 Å². The van der Waals surface area contributed by atoms with Crippen molar-refractivity contribution < 1.29 is 0 Å². The number of aliphatic imine (C=N–C) groups is 1. The first kappa shape index (κ1) is 24.3. The third-order valence-corrected chi connectivity index (χ3v) is 5.54. The second-order valence-electron chi connectivity index (χ2n) is 6.94. The molecular weight excluding hydrogens is 433 g/mol. The number of hydrogen-bond acceptors (Lipinski definition) is 4. The molecule has 0 aromatic rings. The number of rotatable bonds is 9. The normalized spacial score (nSPS) is 17.5. The van der Waals surface area contributed by atoms with Gasteiger partial charge in [0.05, 0.1) is 6.54 Å². The number of nitrogens with one attached hydrogen (secondary N) is 2. The molecule has 0 radical (unpaired) electrons. The van der Waals surface area contributed by atoms with Crippen LogP contribution in [-0.4, -0.2) is 86.2 Å². The van der Waals surface area contributed by atoms with Gasteiger partial charge in [0.2, 0.25) is 0 Å². The lowest BCUT2D eigenvalue weighted by Gasteiger charge is -2.32. The molecular formula is C17H38IN5S. The van der Waals surface area contributed by atoms with Crippen molar-refractivity contribution in [2.24, 2.45) is 4.99 Å². The number of halogens is 1. The average Bonchev–Trinajstić information content (AvgIpc) is 2.54. The van der Waals surface area contributed by atoms with Crippen LogP contribution >= 0.6 is 35.7 Å². The molecule has 0 bridgehead atoms. The fourth-order valence-electron chi connectivity index (χ4n) is 2.41. The lowest BCUT2D eigenvalue weighted by Crippen LogP contribution is -2.44. The maximum Gasteiger partial charge on any atom is 0.191 e. The number of likely N-dealkylation sites (N-methyl/N-ethyl adjacent to an activating group) is 1. The lowest BCUT2D eigenvalue weighted by molar-refractivity contribution is 0.152. The van der Waals surface area contributed by atoms with Crippen LogP contribution in [0.4, 0.5) is 0 Å². The molecule has 5 nitrogen and oxygen atoms in total. The Labute approximate surface area is 170 Å². The summed E-state index contributed by atoms with van der Waals surface area (Å²) in [6, 6.07) is 0. The summed E-state index contributed by atoms with van der Waals surface area (Å²) in [7, 11) is 2.21. The van der Waals surface area contributed by atoms with Gasteiger partial charge in [0, 0.05) is 44.0 Å². The van der Waals surface area contributed by atoms with E-state index in [0.717, 1.165) is 25.6 Å². The van der Waals surface area contributed by atoms with Crippen molar-refractivity contribution in [2.75, 3.05) is 65.7 Å². The van der Waals surface area contributed by atoms with Gasteiger partial charge in [-0.05, 0) is 53.5 Å². The van der Waals surface area contributed by atoms with Crippen molar-refractivity contribution in [1.82, 2.24) is 20.4 Å². The van der Waals surface area contributed by atoms with Crippen molar-refractivity contribution >= 4 is 41.7 Å². The first-order chi connectivity index (χ1) is 11.0. The van der Waals surface area contributed by atoms with E-state index < -0.39 is 0 Å². The molecule has 1 rings (SSSR count). The van der Waals surface area contributed by atoms with E-state index in [1.807, 2.05) is 11.8 Å². The van der Waals surface area contributed by atoms with Gasteiger partial charge in [-0.1, -0.05) is 0 Å². The van der Waals surface area contributed by atoms with Gasteiger partial charge in [0.25, 0.3) is 0 Å². The Hall–Kier alpha value is 0.270. The maximum atomic E-state index is 4.71. The summed E-state index contributed by atoms with van der Waals surface area (Å²) < 4.78 is 0.198. The van der Waals surface area contributed by atoms with Crippen molar-refractivity contribution in [3.05, 3.63) is 0 Å². The molecule has 0 amide bonds. The largest absolute Gasteiger partial charge is 0.357 e. The molecule has 0 saturated carbocycles. The third-order valence-electron chi connectivity index (χ3n) is 4.30. The standard InChI is InChI=1S/C17H37N5S.HI/c1-6-18-16(20-15-17(2,3)23-5)19-9-7-8-10-22-13-11-21(4)12-14-22;/h6-15H2,1-5H3,(H2,18,19,20);1H. The van der Waals surface area contributed by atoms with E-state index in [-0.39, 0.29) is 28.7 Å². The SMILES string of the molecule is CCNC(=NCC(C)(C)SC)NCCCCN1CCN(C)CC1.I. The number of unbranched alkanes of at least 4 members (excludes halogenated alkanes) is 1. The van der Waals surface area contributed by atoms with Gasteiger partial charge in [0.15, 0.2) is 5.96 Å². The van der Waals surface area contributed by atoms with Crippen LogP contribution in [0, 0.1) is 0 Å². The Morgan fingerprint density at radius 1 is 1.12 bits per heavy atom. The van der Waals surface area contributed by atoms with Gasteiger partial charge in [-0.25, -0.2) is 0 Å². The monoisotopic (exact) mass is 471 g/mol. The summed E-state index contributed by atoms with van der Waals surface area (Å²) in [4.78, 5) is 9.70. The van der Waals surface area contributed by atoms with Crippen LogP contribution in [0.5, 0.6) is 0 Å². The number of piperazine rings is 1. The number of guanidine groups is 1. The zero-order valence-electron chi connectivity index (χ0n) is 16.2. The highest BCUT2D eigenvalue weighted by Crippen LogP contribution is 2.20. The fourth-order valence-corrected chi connectivity index (χ4v) is 2.61. The highest BCUT2D eigenvalue weighted by molar-refractivity contribution is 14.0. The minimum absolute atomic E-state index is 0. The van der Waals surface area contributed by atoms with E-state index >= 15 is 0 Å². The zero-order valence-corrected chi connectivity index (χ0v) is 19.4. The predicted octanol–water partition coefficient (Wildman–Crippen LogP) is 2.33. The first-order valence-electron chi connectivity index (χ1n) is 8.95. The molecule has 1 aliphatic rings.